The number of aromatic carboxylic acids is 1. The number of carboxylic acids is 1. The fraction of sp³-hybridized carbons (Fsp3) is 0.200. The van der Waals surface area contributed by atoms with Gasteiger partial charge in [-0.25, -0.2) is 9.48 Å². The van der Waals surface area contributed by atoms with Crippen molar-refractivity contribution in [2.24, 2.45) is 0 Å². The Hall–Kier alpha value is -3.48. The molecule has 7 nitrogen and oxygen atoms in total. The molecule has 2 heterocycles. The lowest BCUT2D eigenvalue weighted by atomic mass is 10.0. The molecular weight excluding hydrogens is 344 g/mol. The number of aromatic nitrogens is 3. The highest BCUT2D eigenvalue weighted by Gasteiger charge is 2.24. The van der Waals surface area contributed by atoms with Crippen LogP contribution in [-0.2, 0) is 6.54 Å². The molecule has 0 saturated carbocycles. The molecule has 2 N–H and O–H groups in total. The molecule has 0 radical (unpaired) electrons. The standard InChI is InChI=1S/C20H20N4O3/c1-4-24-19(25)18(22-15-11-21-10-9-13(15)3)16(20(26)27)17(23-24)14-7-5-12(2)6-8-14/h5-11,22H,4H2,1-3H3,(H,26,27). The van der Waals surface area contributed by atoms with E-state index in [1.165, 1.54) is 4.68 Å². The van der Waals surface area contributed by atoms with Gasteiger partial charge in [-0.3, -0.25) is 9.78 Å². The number of hydrogen-bond donors (Lipinski definition) is 2. The fourth-order valence-electron chi connectivity index (χ4n) is 2.75. The smallest absolute Gasteiger partial charge is 0.340 e. The summed E-state index contributed by atoms with van der Waals surface area (Å²) in [5, 5.41) is 17.1. The number of rotatable bonds is 5. The molecule has 3 aromatic rings. The number of benzene rings is 1. The van der Waals surface area contributed by atoms with Gasteiger partial charge in [0.1, 0.15) is 16.9 Å². The second kappa shape index (κ2) is 7.41. The van der Waals surface area contributed by atoms with Crippen LogP contribution < -0.4 is 10.9 Å². The zero-order valence-electron chi connectivity index (χ0n) is 15.4. The van der Waals surface area contributed by atoms with E-state index in [1.54, 1.807) is 37.5 Å². The largest absolute Gasteiger partial charge is 0.478 e. The number of anilines is 2. The first-order valence-electron chi connectivity index (χ1n) is 8.55. The van der Waals surface area contributed by atoms with E-state index in [9.17, 15) is 14.7 Å². The Morgan fingerprint density at radius 2 is 1.89 bits per heavy atom. The van der Waals surface area contributed by atoms with Crippen molar-refractivity contribution in [2.45, 2.75) is 27.3 Å². The van der Waals surface area contributed by atoms with Gasteiger partial charge in [0.25, 0.3) is 5.56 Å². The Bertz CT molecular complexity index is 1060. The number of pyridine rings is 1. The van der Waals surface area contributed by atoms with Crippen LogP contribution >= 0.6 is 0 Å². The van der Waals surface area contributed by atoms with E-state index in [0.717, 1.165) is 11.1 Å². The maximum Gasteiger partial charge on any atom is 0.340 e. The van der Waals surface area contributed by atoms with Crippen LogP contribution in [0.4, 0.5) is 11.4 Å². The summed E-state index contributed by atoms with van der Waals surface area (Å²) in [5.74, 6) is -1.22. The van der Waals surface area contributed by atoms with Crippen molar-refractivity contribution >= 4 is 17.3 Å². The van der Waals surface area contributed by atoms with Crippen LogP contribution in [-0.4, -0.2) is 25.8 Å². The lowest BCUT2D eigenvalue weighted by Crippen LogP contribution is -2.28. The highest BCUT2D eigenvalue weighted by Crippen LogP contribution is 2.28. The second-order valence-electron chi connectivity index (χ2n) is 6.21. The van der Waals surface area contributed by atoms with E-state index in [0.29, 0.717) is 17.8 Å². The van der Waals surface area contributed by atoms with Gasteiger partial charge in [0.05, 0.1) is 11.9 Å². The van der Waals surface area contributed by atoms with E-state index >= 15 is 0 Å². The molecule has 0 amide bonds. The third kappa shape index (κ3) is 3.57. The Labute approximate surface area is 156 Å². The molecule has 27 heavy (non-hydrogen) atoms. The monoisotopic (exact) mass is 364 g/mol. The lowest BCUT2D eigenvalue weighted by molar-refractivity contribution is 0.0698. The molecule has 7 heteroatoms. The number of nitrogens with one attached hydrogen (secondary N) is 1. The van der Waals surface area contributed by atoms with E-state index in [2.05, 4.69) is 15.4 Å². The first-order valence-corrected chi connectivity index (χ1v) is 8.55. The zero-order chi connectivity index (χ0) is 19.6. The van der Waals surface area contributed by atoms with Crippen molar-refractivity contribution in [3.8, 4) is 11.3 Å². The summed E-state index contributed by atoms with van der Waals surface area (Å²) < 4.78 is 1.26. The van der Waals surface area contributed by atoms with Crippen LogP contribution in [0.3, 0.4) is 0 Å². The maximum atomic E-state index is 12.8. The van der Waals surface area contributed by atoms with Gasteiger partial charge in [0.2, 0.25) is 0 Å². The highest BCUT2D eigenvalue weighted by molar-refractivity contribution is 6.01. The van der Waals surface area contributed by atoms with Gasteiger partial charge >= 0.3 is 5.97 Å². The summed E-state index contributed by atoms with van der Waals surface area (Å²) >= 11 is 0. The van der Waals surface area contributed by atoms with Crippen molar-refractivity contribution in [2.75, 3.05) is 5.32 Å². The number of carbonyl (C=O) groups is 1. The average molecular weight is 364 g/mol. The van der Waals surface area contributed by atoms with Gasteiger partial charge in [-0.05, 0) is 32.4 Å². The van der Waals surface area contributed by atoms with E-state index in [4.69, 9.17) is 0 Å². The minimum absolute atomic E-state index is 0.0222. The third-order valence-electron chi connectivity index (χ3n) is 4.29. The molecular formula is C20H20N4O3. The van der Waals surface area contributed by atoms with Gasteiger partial charge in [-0.15, -0.1) is 0 Å². The summed E-state index contributed by atoms with van der Waals surface area (Å²) in [6, 6.07) is 9.13. The van der Waals surface area contributed by atoms with Crippen LogP contribution in [0.25, 0.3) is 11.3 Å². The summed E-state index contributed by atoms with van der Waals surface area (Å²) in [6.45, 7) is 5.90. The Morgan fingerprint density at radius 3 is 2.48 bits per heavy atom. The average Bonchev–Trinajstić information content (AvgIpc) is 2.65. The molecule has 3 rings (SSSR count). The fourth-order valence-corrected chi connectivity index (χ4v) is 2.75. The van der Waals surface area contributed by atoms with Crippen molar-refractivity contribution in [1.82, 2.24) is 14.8 Å². The van der Waals surface area contributed by atoms with Crippen LogP contribution in [0.15, 0.2) is 47.5 Å². The van der Waals surface area contributed by atoms with Gasteiger partial charge in [-0.2, -0.15) is 5.10 Å². The molecule has 0 fully saturated rings. The molecule has 1 aromatic carbocycles. The molecule has 138 valence electrons. The number of hydrogen-bond acceptors (Lipinski definition) is 5. The SMILES string of the molecule is CCn1nc(-c2ccc(C)cc2)c(C(=O)O)c(Nc2cnccc2C)c1=O. The van der Waals surface area contributed by atoms with E-state index in [1.807, 2.05) is 26.0 Å². The van der Waals surface area contributed by atoms with Crippen molar-refractivity contribution in [1.29, 1.82) is 0 Å². The van der Waals surface area contributed by atoms with Crippen LogP contribution in [0.1, 0.15) is 28.4 Å². The number of carboxylic acid groups (broad SMARTS) is 1. The minimum Gasteiger partial charge on any atom is -0.478 e. The zero-order valence-corrected chi connectivity index (χ0v) is 15.4. The Morgan fingerprint density at radius 1 is 1.19 bits per heavy atom. The minimum atomic E-state index is -1.22. The number of nitrogens with zero attached hydrogens (tertiary/aromatic N) is 3. The maximum absolute atomic E-state index is 12.8. The van der Waals surface area contributed by atoms with E-state index < -0.39 is 11.5 Å². The van der Waals surface area contributed by atoms with Gasteiger partial charge < -0.3 is 10.4 Å². The van der Waals surface area contributed by atoms with E-state index in [-0.39, 0.29) is 16.9 Å². The predicted octanol–water partition coefficient (Wildman–Crippen LogP) is 3.38. The third-order valence-corrected chi connectivity index (χ3v) is 4.29. The molecule has 0 bridgehead atoms. The van der Waals surface area contributed by atoms with Crippen LogP contribution in [0.2, 0.25) is 0 Å². The van der Waals surface area contributed by atoms with Gasteiger partial charge in [0.15, 0.2) is 0 Å². The molecule has 0 spiro atoms. The molecule has 0 aliphatic rings. The summed E-state index contributed by atoms with van der Waals surface area (Å²) in [4.78, 5) is 28.9. The van der Waals surface area contributed by atoms with Crippen LogP contribution in [0, 0.1) is 13.8 Å². The van der Waals surface area contributed by atoms with Crippen molar-refractivity contribution in [3.05, 3.63) is 69.8 Å². The summed E-state index contributed by atoms with van der Waals surface area (Å²) in [6.07, 6.45) is 3.19. The summed E-state index contributed by atoms with van der Waals surface area (Å²) in [5.41, 5.74) is 2.66. The first-order chi connectivity index (χ1) is 12.9. The second-order valence-corrected chi connectivity index (χ2v) is 6.21. The molecule has 0 unspecified atom stereocenters. The van der Waals surface area contributed by atoms with Crippen LogP contribution in [0.5, 0.6) is 0 Å². The van der Waals surface area contributed by atoms with Crippen molar-refractivity contribution < 1.29 is 9.90 Å². The number of aryl methyl sites for hydroxylation is 3. The molecule has 2 aromatic heterocycles. The molecule has 0 saturated heterocycles. The predicted molar refractivity (Wildman–Crippen MR) is 104 cm³/mol. The lowest BCUT2D eigenvalue weighted by Gasteiger charge is -2.16. The first kappa shape index (κ1) is 18.3. The van der Waals surface area contributed by atoms with Gasteiger partial charge in [-0.1, -0.05) is 29.8 Å². The topological polar surface area (TPSA) is 97.1 Å². The molecule has 0 aliphatic heterocycles. The summed E-state index contributed by atoms with van der Waals surface area (Å²) in [7, 11) is 0. The Kier molecular flexibility index (Phi) is 5.03. The highest BCUT2D eigenvalue weighted by atomic mass is 16.4. The molecule has 0 aliphatic carbocycles. The molecule has 0 atom stereocenters. The van der Waals surface area contributed by atoms with Gasteiger partial charge in [0, 0.05) is 18.3 Å². The Balaban J connectivity index is 2.29. The quantitative estimate of drug-likeness (QED) is 0.720. The normalized spacial score (nSPS) is 10.6. The van der Waals surface area contributed by atoms with Crippen molar-refractivity contribution in [3.63, 3.8) is 0 Å².